The van der Waals surface area contributed by atoms with Crippen molar-refractivity contribution in [3.8, 4) is 51.2 Å². The van der Waals surface area contributed by atoms with Crippen molar-refractivity contribution in [1.82, 2.24) is 29.5 Å². The third kappa shape index (κ3) is 6.23. The molecule has 12 aromatic rings. The molecule has 0 radical (unpaired) electrons. The lowest BCUT2D eigenvalue weighted by atomic mass is 10.1. The van der Waals surface area contributed by atoms with Gasteiger partial charge in [-0.05, 0) is 54.6 Å². The molecule has 0 N–H and O–H groups in total. The molecule has 63 heavy (non-hydrogen) atoms. The Bertz CT molecular complexity index is 3820. The van der Waals surface area contributed by atoms with Crippen LogP contribution in [0.25, 0.3) is 121 Å². The van der Waals surface area contributed by atoms with Crippen LogP contribution in [0.3, 0.4) is 0 Å². The summed E-state index contributed by atoms with van der Waals surface area (Å²) >= 11 is 1.72. The maximum absolute atomic E-state index is 6.31. The third-order valence-electron chi connectivity index (χ3n) is 11.5. The first-order valence-electron chi connectivity index (χ1n) is 20.7. The number of allylic oxidation sites excluding steroid dienone is 4. The maximum Gasteiger partial charge on any atom is 0.179 e. The van der Waals surface area contributed by atoms with Gasteiger partial charge in [0.1, 0.15) is 16.8 Å². The molecule has 0 aliphatic rings. The first-order valence-corrected chi connectivity index (χ1v) is 21.5. The van der Waals surface area contributed by atoms with Crippen LogP contribution >= 0.6 is 11.3 Å². The number of thiophene rings is 1. The normalized spacial score (nSPS) is 12.1. The number of benzene rings is 7. The number of para-hydroxylation sites is 3. The summed E-state index contributed by atoms with van der Waals surface area (Å²) in [7, 11) is 0. The molecule has 0 fully saturated rings. The van der Waals surface area contributed by atoms with Crippen molar-refractivity contribution in [2.75, 3.05) is 0 Å². The lowest BCUT2D eigenvalue weighted by Gasteiger charge is -2.10. The minimum Gasteiger partial charge on any atom is -0.452 e. The van der Waals surface area contributed by atoms with Crippen LogP contribution in [-0.4, -0.2) is 29.5 Å². The smallest absolute Gasteiger partial charge is 0.179 e. The molecule has 0 atom stereocenters. The summed E-state index contributed by atoms with van der Waals surface area (Å²) in [5, 5.41) is 5.59. The Morgan fingerprint density at radius 3 is 1.97 bits per heavy atom. The van der Waals surface area contributed by atoms with E-state index in [0.717, 1.165) is 75.6 Å². The summed E-state index contributed by atoms with van der Waals surface area (Å²) < 4.78 is 10.8. The second-order valence-electron chi connectivity index (χ2n) is 15.3. The Kier molecular flexibility index (Phi) is 8.69. The summed E-state index contributed by atoms with van der Waals surface area (Å²) in [4.78, 5) is 25.7. The van der Waals surface area contributed by atoms with Gasteiger partial charge in [-0.15, -0.1) is 11.3 Å². The monoisotopic (exact) mass is 826 g/mol. The van der Waals surface area contributed by atoms with Crippen molar-refractivity contribution in [3.05, 3.63) is 200 Å². The van der Waals surface area contributed by atoms with Gasteiger partial charge < -0.3 is 8.98 Å². The van der Waals surface area contributed by atoms with Gasteiger partial charge in [0.2, 0.25) is 0 Å². The summed E-state index contributed by atoms with van der Waals surface area (Å²) in [5.41, 5.74) is 9.93. The number of furan rings is 1. The average molecular weight is 827 g/mol. The van der Waals surface area contributed by atoms with Gasteiger partial charge in [-0.2, -0.15) is 0 Å². The van der Waals surface area contributed by atoms with Crippen molar-refractivity contribution in [2.24, 2.45) is 0 Å². The van der Waals surface area contributed by atoms with E-state index in [9.17, 15) is 0 Å². The summed E-state index contributed by atoms with van der Waals surface area (Å²) in [6.07, 6.45) is 9.46. The Morgan fingerprint density at radius 1 is 0.492 bits per heavy atom. The number of nitrogens with zero attached hydrogens (tertiary/aromatic N) is 6. The molecule has 5 aromatic heterocycles. The maximum atomic E-state index is 6.31. The molecule has 12 rings (SSSR count). The number of fused-ring (bicyclic) bond motifs is 9. The molecule has 296 valence electrons. The van der Waals surface area contributed by atoms with Gasteiger partial charge in [-0.1, -0.05) is 146 Å². The van der Waals surface area contributed by atoms with E-state index in [2.05, 4.69) is 114 Å². The fraction of sp³-hybridized carbons (Fsp3) is 0. The van der Waals surface area contributed by atoms with Crippen molar-refractivity contribution >= 4 is 81.5 Å². The Hall–Kier alpha value is -8.33. The highest BCUT2D eigenvalue weighted by Crippen LogP contribution is 2.42. The number of rotatable bonds is 8. The zero-order chi connectivity index (χ0) is 41.9. The summed E-state index contributed by atoms with van der Waals surface area (Å²) in [6, 6.07) is 56.5. The van der Waals surface area contributed by atoms with Gasteiger partial charge in [0, 0.05) is 64.3 Å². The van der Waals surface area contributed by atoms with Gasteiger partial charge in [-0.25, -0.2) is 24.9 Å². The number of hydrogen-bond acceptors (Lipinski definition) is 7. The lowest BCUT2D eigenvalue weighted by molar-refractivity contribution is 0.664. The standard InChI is InChI=1S/C55H34N6OS/c1-2-3-4-11-25-44-50-49(42-22-13-15-27-47(42)62-50)57-55(56-44)43-24-16-23-41-40-31-29-36(33-48(40)63-51(41)43)54-59-52(34-17-7-5-8-18-34)58-53(60-54)35-28-30-39-38-21-12-14-26-45(38)61(46(39)32-35)37-19-9-6-10-20-37/h2-33H,1H2/b4-3-,25-11+. The molecular formula is C55H34N6OS. The molecule has 5 heterocycles. The first kappa shape index (κ1) is 36.5. The summed E-state index contributed by atoms with van der Waals surface area (Å²) in [6.45, 7) is 3.79. The lowest BCUT2D eigenvalue weighted by Crippen LogP contribution is -2.00. The second kappa shape index (κ2) is 15.0. The molecule has 0 saturated heterocycles. The van der Waals surface area contributed by atoms with Crippen LogP contribution in [0.4, 0.5) is 0 Å². The molecular weight excluding hydrogens is 793 g/mol. The van der Waals surface area contributed by atoms with Crippen LogP contribution in [-0.2, 0) is 0 Å². The van der Waals surface area contributed by atoms with Crippen molar-refractivity contribution in [2.45, 2.75) is 0 Å². The molecule has 7 nitrogen and oxygen atoms in total. The van der Waals surface area contributed by atoms with Gasteiger partial charge in [0.05, 0.1) is 11.0 Å². The Balaban J connectivity index is 1.01. The predicted octanol–water partition coefficient (Wildman–Crippen LogP) is 14.4. The van der Waals surface area contributed by atoms with E-state index < -0.39 is 0 Å². The van der Waals surface area contributed by atoms with Gasteiger partial charge in [-0.3, -0.25) is 0 Å². The Labute approximate surface area is 365 Å². The molecule has 0 spiro atoms. The molecule has 0 aliphatic heterocycles. The minimum atomic E-state index is 0.602. The zero-order valence-electron chi connectivity index (χ0n) is 33.7. The molecule has 8 heteroatoms. The van der Waals surface area contributed by atoms with Gasteiger partial charge >= 0.3 is 0 Å². The van der Waals surface area contributed by atoms with E-state index in [4.69, 9.17) is 29.3 Å². The SMILES string of the molecule is C=C/C=C\C=C\c1nc(-c2cccc3c2sc2cc(-c4nc(-c5ccccc5)nc(-c5ccc6c7ccccc7n(-c7ccccc7)c6c5)n4)ccc23)nc2c1oc1ccccc12. The third-order valence-corrected chi connectivity index (χ3v) is 12.7. The van der Waals surface area contributed by atoms with E-state index in [-0.39, 0.29) is 0 Å². The largest absolute Gasteiger partial charge is 0.452 e. The highest BCUT2D eigenvalue weighted by molar-refractivity contribution is 7.26. The van der Waals surface area contributed by atoms with E-state index in [0.29, 0.717) is 34.6 Å². The Morgan fingerprint density at radius 2 is 1.16 bits per heavy atom. The second-order valence-corrected chi connectivity index (χ2v) is 16.3. The highest BCUT2D eigenvalue weighted by Gasteiger charge is 2.20. The molecule has 0 aliphatic carbocycles. The summed E-state index contributed by atoms with van der Waals surface area (Å²) in [5.74, 6) is 2.46. The van der Waals surface area contributed by atoms with Gasteiger partial charge in [0.15, 0.2) is 28.9 Å². The van der Waals surface area contributed by atoms with Crippen molar-refractivity contribution < 1.29 is 4.42 Å². The topological polar surface area (TPSA) is 82.5 Å². The van der Waals surface area contributed by atoms with Crippen LogP contribution in [0, 0.1) is 0 Å². The van der Waals surface area contributed by atoms with E-state index in [1.165, 1.54) is 10.8 Å². The quantitative estimate of drug-likeness (QED) is 0.142. The predicted molar refractivity (Wildman–Crippen MR) is 260 cm³/mol. The van der Waals surface area contributed by atoms with Crippen molar-refractivity contribution in [3.63, 3.8) is 0 Å². The minimum absolute atomic E-state index is 0.602. The van der Waals surface area contributed by atoms with Crippen molar-refractivity contribution in [1.29, 1.82) is 0 Å². The van der Waals surface area contributed by atoms with Crippen LogP contribution in [0.1, 0.15) is 5.69 Å². The van der Waals surface area contributed by atoms with Gasteiger partial charge in [0.25, 0.3) is 0 Å². The fourth-order valence-corrected chi connectivity index (χ4v) is 9.81. The fourth-order valence-electron chi connectivity index (χ4n) is 8.56. The van der Waals surface area contributed by atoms with Crippen LogP contribution in [0.5, 0.6) is 0 Å². The molecule has 0 unspecified atom stereocenters. The van der Waals surface area contributed by atoms with Crippen LogP contribution < -0.4 is 0 Å². The number of aromatic nitrogens is 6. The zero-order valence-corrected chi connectivity index (χ0v) is 34.5. The van der Waals surface area contributed by atoms with Crippen LogP contribution in [0.15, 0.2) is 199 Å². The highest BCUT2D eigenvalue weighted by atomic mass is 32.1. The average Bonchev–Trinajstić information content (AvgIpc) is 4.02. The molecule has 0 bridgehead atoms. The van der Waals surface area contributed by atoms with E-state index >= 15 is 0 Å². The number of hydrogen-bond donors (Lipinski definition) is 0. The molecule has 7 aromatic carbocycles. The molecule has 0 amide bonds. The van der Waals surface area contributed by atoms with Crippen LogP contribution in [0.2, 0.25) is 0 Å². The molecule has 0 saturated carbocycles. The van der Waals surface area contributed by atoms with E-state index in [1.807, 2.05) is 85.0 Å². The van der Waals surface area contributed by atoms with E-state index in [1.54, 1.807) is 17.4 Å². The first-order chi connectivity index (χ1) is 31.2.